The molecule has 1 aliphatic heterocycles. The molecule has 1 aliphatic rings. The summed E-state index contributed by atoms with van der Waals surface area (Å²) in [4.78, 5) is 12.2. The zero-order chi connectivity index (χ0) is 18.1. The molecule has 1 N–H and O–H groups in total. The van der Waals surface area contributed by atoms with Gasteiger partial charge >= 0.3 is 0 Å². The summed E-state index contributed by atoms with van der Waals surface area (Å²) in [5.74, 6) is 0.289. The first kappa shape index (κ1) is 19.0. The fourth-order valence-corrected chi connectivity index (χ4v) is 5.45. The van der Waals surface area contributed by atoms with Crippen molar-refractivity contribution in [3.05, 3.63) is 16.6 Å². The highest BCUT2D eigenvalue weighted by atomic mass is 79.9. The van der Waals surface area contributed by atoms with Crippen molar-refractivity contribution in [3.63, 3.8) is 0 Å². The Bertz CT molecular complexity index is 736. The molecule has 1 heterocycles. The molecule has 1 fully saturated rings. The fourth-order valence-electron chi connectivity index (χ4n) is 2.73. The van der Waals surface area contributed by atoms with Crippen LogP contribution < -0.4 is 14.8 Å². The third kappa shape index (κ3) is 3.38. The van der Waals surface area contributed by atoms with Crippen molar-refractivity contribution < 1.29 is 22.7 Å². The summed E-state index contributed by atoms with van der Waals surface area (Å²) < 4.78 is 38.3. The number of methoxy groups -OCH3 is 2. The highest BCUT2D eigenvalue weighted by Crippen LogP contribution is 2.37. The van der Waals surface area contributed by atoms with Crippen molar-refractivity contribution in [2.45, 2.75) is 24.8 Å². The molecule has 0 saturated carbocycles. The monoisotopic (exact) mass is 420 g/mol. The summed E-state index contributed by atoms with van der Waals surface area (Å²) >= 11 is 3.28. The van der Waals surface area contributed by atoms with Crippen LogP contribution in [0.3, 0.4) is 0 Å². The molecule has 1 aromatic carbocycles. The molecule has 134 valence electrons. The zero-order valence-corrected chi connectivity index (χ0v) is 16.4. The van der Waals surface area contributed by atoms with Crippen molar-refractivity contribution in [3.8, 4) is 11.5 Å². The van der Waals surface area contributed by atoms with Crippen LogP contribution in [0.15, 0.2) is 21.5 Å². The first-order chi connectivity index (χ1) is 11.2. The van der Waals surface area contributed by atoms with E-state index in [1.54, 1.807) is 6.07 Å². The van der Waals surface area contributed by atoms with Gasteiger partial charge in [-0.1, -0.05) is 13.8 Å². The van der Waals surface area contributed by atoms with Crippen LogP contribution in [0.1, 0.15) is 13.8 Å². The maximum atomic E-state index is 13.2. The lowest BCUT2D eigenvalue weighted by Crippen LogP contribution is -2.59. The number of benzene rings is 1. The van der Waals surface area contributed by atoms with E-state index < -0.39 is 16.1 Å². The van der Waals surface area contributed by atoms with Crippen LogP contribution in [-0.2, 0) is 14.8 Å². The molecule has 0 bridgehead atoms. The summed E-state index contributed by atoms with van der Waals surface area (Å²) in [5.41, 5.74) is 0. The Labute approximate surface area is 150 Å². The minimum atomic E-state index is -3.89. The van der Waals surface area contributed by atoms with Gasteiger partial charge in [0.1, 0.15) is 10.9 Å². The SMILES string of the molecule is COc1cc(Br)c(S(=O)(=O)N2CCNC(=O)C2C(C)C)cc1OC. The first-order valence-electron chi connectivity index (χ1n) is 7.45. The van der Waals surface area contributed by atoms with Crippen LogP contribution in [0, 0.1) is 5.92 Å². The Hall–Kier alpha value is -1.32. The van der Waals surface area contributed by atoms with E-state index in [9.17, 15) is 13.2 Å². The Balaban J connectivity index is 2.55. The van der Waals surface area contributed by atoms with Crippen LogP contribution in [0.2, 0.25) is 0 Å². The van der Waals surface area contributed by atoms with E-state index >= 15 is 0 Å². The van der Waals surface area contributed by atoms with E-state index in [0.29, 0.717) is 16.0 Å². The van der Waals surface area contributed by atoms with Crippen LogP contribution in [0.25, 0.3) is 0 Å². The van der Waals surface area contributed by atoms with Crippen molar-refractivity contribution in [2.75, 3.05) is 27.3 Å². The van der Waals surface area contributed by atoms with Crippen LogP contribution in [0.4, 0.5) is 0 Å². The van der Waals surface area contributed by atoms with Gasteiger partial charge in [-0.25, -0.2) is 8.42 Å². The van der Waals surface area contributed by atoms with E-state index in [1.807, 2.05) is 13.8 Å². The number of nitrogens with one attached hydrogen (secondary N) is 1. The van der Waals surface area contributed by atoms with E-state index in [4.69, 9.17) is 9.47 Å². The molecular weight excluding hydrogens is 400 g/mol. The number of ether oxygens (including phenoxy) is 2. The van der Waals surface area contributed by atoms with Gasteiger partial charge in [-0.15, -0.1) is 0 Å². The average Bonchev–Trinajstić information content (AvgIpc) is 2.53. The van der Waals surface area contributed by atoms with Crippen molar-refractivity contribution in [1.82, 2.24) is 9.62 Å². The molecule has 7 nitrogen and oxygen atoms in total. The maximum Gasteiger partial charge on any atom is 0.245 e. The van der Waals surface area contributed by atoms with E-state index in [-0.39, 0.29) is 29.8 Å². The van der Waals surface area contributed by atoms with Crippen molar-refractivity contribution in [1.29, 1.82) is 0 Å². The minimum absolute atomic E-state index is 0.0421. The lowest BCUT2D eigenvalue weighted by Gasteiger charge is -2.36. The molecule has 1 saturated heterocycles. The van der Waals surface area contributed by atoms with Gasteiger partial charge in [0, 0.05) is 23.6 Å². The quantitative estimate of drug-likeness (QED) is 0.781. The highest BCUT2D eigenvalue weighted by Gasteiger charge is 2.41. The molecule has 0 spiro atoms. The first-order valence-corrected chi connectivity index (χ1v) is 9.68. The molecule has 0 aliphatic carbocycles. The number of halogens is 1. The highest BCUT2D eigenvalue weighted by molar-refractivity contribution is 9.10. The van der Waals surface area contributed by atoms with Gasteiger partial charge < -0.3 is 14.8 Å². The number of carbonyl (C=O) groups is 1. The predicted octanol–water partition coefficient (Wildman–Crippen LogP) is 1.61. The van der Waals surface area contributed by atoms with Gasteiger partial charge in [0.15, 0.2) is 11.5 Å². The second kappa shape index (κ2) is 7.28. The minimum Gasteiger partial charge on any atom is -0.493 e. The maximum absolute atomic E-state index is 13.2. The van der Waals surface area contributed by atoms with Gasteiger partial charge in [0.05, 0.1) is 14.2 Å². The average molecular weight is 421 g/mol. The molecule has 1 unspecified atom stereocenters. The third-order valence-corrected chi connectivity index (χ3v) is 6.71. The third-order valence-electron chi connectivity index (χ3n) is 3.87. The molecule has 0 radical (unpaired) electrons. The topological polar surface area (TPSA) is 84.9 Å². The van der Waals surface area contributed by atoms with E-state index in [0.717, 1.165) is 0 Å². The number of carbonyl (C=O) groups excluding carboxylic acids is 1. The van der Waals surface area contributed by atoms with Crippen molar-refractivity contribution in [2.24, 2.45) is 5.92 Å². The number of sulfonamides is 1. The molecule has 1 amide bonds. The summed E-state index contributed by atoms with van der Waals surface area (Å²) in [6.45, 7) is 4.15. The molecule has 1 atom stereocenters. The molecule has 24 heavy (non-hydrogen) atoms. The van der Waals surface area contributed by atoms with Gasteiger partial charge in [-0.05, 0) is 27.9 Å². The Morgan fingerprint density at radius 3 is 2.38 bits per heavy atom. The molecule has 9 heteroatoms. The second-order valence-corrected chi connectivity index (χ2v) is 8.45. The molecular formula is C15H21BrN2O5S. The van der Waals surface area contributed by atoms with Gasteiger partial charge in [0.25, 0.3) is 0 Å². The van der Waals surface area contributed by atoms with Gasteiger partial charge in [-0.3, -0.25) is 4.79 Å². The lowest BCUT2D eigenvalue weighted by atomic mass is 10.0. The summed E-state index contributed by atoms with van der Waals surface area (Å²) in [6.07, 6.45) is 0. The number of hydrogen-bond acceptors (Lipinski definition) is 5. The Kier molecular flexibility index (Phi) is 5.77. The predicted molar refractivity (Wildman–Crippen MR) is 92.8 cm³/mol. The van der Waals surface area contributed by atoms with Crippen LogP contribution in [0.5, 0.6) is 11.5 Å². The summed E-state index contributed by atoms with van der Waals surface area (Å²) in [6, 6.07) is 2.20. The van der Waals surface area contributed by atoms with Gasteiger partial charge in [-0.2, -0.15) is 4.31 Å². The largest absolute Gasteiger partial charge is 0.493 e. The standard InChI is InChI=1S/C15H21BrN2O5S/c1-9(2)14-15(19)17-5-6-18(14)24(20,21)13-8-12(23-4)11(22-3)7-10(13)16/h7-9,14H,5-6H2,1-4H3,(H,17,19). The summed E-state index contributed by atoms with van der Waals surface area (Å²) in [5, 5.41) is 2.72. The molecule has 0 aromatic heterocycles. The van der Waals surface area contributed by atoms with E-state index in [2.05, 4.69) is 21.2 Å². The number of amides is 1. The van der Waals surface area contributed by atoms with E-state index in [1.165, 1.54) is 24.6 Å². The summed E-state index contributed by atoms with van der Waals surface area (Å²) in [7, 11) is -0.975. The number of rotatable bonds is 5. The number of piperazine rings is 1. The smallest absolute Gasteiger partial charge is 0.245 e. The normalized spacial score (nSPS) is 19.2. The van der Waals surface area contributed by atoms with Crippen LogP contribution >= 0.6 is 15.9 Å². The Morgan fingerprint density at radius 2 is 1.83 bits per heavy atom. The lowest BCUT2D eigenvalue weighted by molar-refractivity contribution is -0.128. The molecule has 1 aromatic rings. The molecule has 2 rings (SSSR count). The number of nitrogens with zero attached hydrogens (tertiary/aromatic N) is 1. The number of hydrogen-bond donors (Lipinski definition) is 1. The van der Waals surface area contributed by atoms with Crippen LogP contribution in [-0.4, -0.2) is 52.0 Å². The van der Waals surface area contributed by atoms with Gasteiger partial charge in [0.2, 0.25) is 15.9 Å². The Morgan fingerprint density at radius 1 is 1.25 bits per heavy atom. The fraction of sp³-hybridized carbons (Fsp3) is 0.533. The second-order valence-electron chi connectivity index (χ2n) is 5.73. The zero-order valence-electron chi connectivity index (χ0n) is 14.0. The van der Waals surface area contributed by atoms with Crippen molar-refractivity contribution >= 4 is 31.9 Å².